The van der Waals surface area contributed by atoms with Gasteiger partial charge in [-0.25, -0.2) is 4.98 Å². The highest BCUT2D eigenvalue weighted by molar-refractivity contribution is 7.15. The predicted octanol–water partition coefficient (Wildman–Crippen LogP) is 2.96. The third kappa shape index (κ3) is 3.94. The van der Waals surface area contributed by atoms with Crippen LogP contribution < -0.4 is 5.32 Å². The zero-order chi connectivity index (χ0) is 18.8. The lowest BCUT2D eigenvalue weighted by Crippen LogP contribution is -2.36. The fourth-order valence-electron chi connectivity index (χ4n) is 3.01. The van der Waals surface area contributed by atoms with E-state index in [-0.39, 0.29) is 24.8 Å². The maximum absolute atomic E-state index is 12.4. The number of thiazole rings is 1. The Morgan fingerprint density at radius 1 is 1.23 bits per heavy atom. The molecule has 0 unspecified atom stereocenters. The third-order valence-corrected chi connectivity index (χ3v) is 4.99. The van der Waals surface area contributed by atoms with E-state index in [1.165, 1.54) is 16.2 Å². The van der Waals surface area contributed by atoms with Crippen molar-refractivity contribution in [1.82, 2.24) is 14.3 Å². The highest BCUT2D eigenvalue weighted by atomic mass is 32.1. The van der Waals surface area contributed by atoms with Crippen LogP contribution in [0.2, 0.25) is 0 Å². The molecule has 0 aliphatic carbocycles. The molecule has 2 amide bonds. The lowest BCUT2D eigenvalue weighted by atomic mass is 10.1. The highest BCUT2D eigenvalue weighted by Gasteiger charge is 2.16. The number of fused-ring (bicyclic) bond motifs is 1. The Hall–Kier alpha value is -2.67. The number of nitrogens with one attached hydrogen (secondary N) is 1. The minimum absolute atomic E-state index is 0.00775. The van der Waals surface area contributed by atoms with Gasteiger partial charge in [0.05, 0.1) is 18.7 Å². The van der Waals surface area contributed by atoms with E-state index in [4.69, 9.17) is 0 Å². The van der Waals surface area contributed by atoms with Crippen molar-refractivity contribution in [3.63, 3.8) is 0 Å². The molecule has 0 saturated heterocycles. The summed E-state index contributed by atoms with van der Waals surface area (Å²) < 4.78 is 1.89. The van der Waals surface area contributed by atoms with Crippen LogP contribution in [0.4, 0.5) is 5.69 Å². The second kappa shape index (κ2) is 7.29. The minimum Gasteiger partial charge on any atom is -0.336 e. The standard InChI is InChI=1S/C19H22N4O2S/c1-12-7-13(2)18(14(3)8-12)21-16(24)11-22(4)17(25)9-15-10-23-5-6-26-19(23)20-15/h5-8,10H,9,11H2,1-4H3,(H,21,24). The van der Waals surface area contributed by atoms with Crippen LogP contribution in [-0.2, 0) is 16.0 Å². The molecule has 136 valence electrons. The number of nitrogens with zero attached hydrogens (tertiary/aromatic N) is 3. The SMILES string of the molecule is Cc1cc(C)c(NC(=O)CN(C)C(=O)Cc2cn3ccsc3n2)c(C)c1. The van der Waals surface area contributed by atoms with E-state index < -0.39 is 0 Å². The van der Waals surface area contributed by atoms with Gasteiger partial charge in [-0.2, -0.15) is 0 Å². The molecule has 0 aliphatic rings. The van der Waals surface area contributed by atoms with E-state index in [9.17, 15) is 9.59 Å². The van der Waals surface area contributed by atoms with E-state index in [2.05, 4.69) is 10.3 Å². The van der Waals surface area contributed by atoms with Crippen molar-refractivity contribution in [2.24, 2.45) is 0 Å². The molecule has 3 rings (SSSR count). The van der Waals surface area contributed by atoms with E-state index in [0.717, 1.165) is 27.3 Å². The molecule has 0 spiro atoms. The van der Waals surface area contributed by atoms with Gasteiger partial charge < -0.3 is 10.2 Å². The van der Waals surface area contributed by atoms with Crippen LogP contribution in [0, 0.1) is 20.8 Å². The normalized spacial score (nSPS) is 10.9. The van der Waals surface area contributed by atoms with Crippen LogP contribution in [0.5, 0.6) is 0 Å². The molecule has 3 aromatic rings. The predicted molar refractivity (Wildman–Crippen MR) is 104 cm³/mol. The molecule has 1 aromatic carbocycles. The average Bonchev–Trinajstić information content (AvgIpc) is 3.12. The maximum atomic E-state index is 12.4. The van der Waals surface area contributed by atoms with Gasteiger partial charge in [0.25, 0.3) is 0 Å². The van der Waals surface area contributed by atoms with Crippen molar-refractivity contribution >= 4 is 33.8 Å². The summed E-state index contributed by atoms with van der Waals surface area (Å²) in [5, 5.41) is 4.87. The molecule has 0 aliphatic heterocycles. The zero-order valence-electron chi connectivity index (χ0n) is 15.4. The molecule has 6 nitrogen and oxygen atoms in total. The summed E-state index contributed by atoms with van der Waals surface area (Å²) in [6.07, 6.45) is 3.93. The van der Waals surface area contributed by atoms with E-state index in [1.54, 1.807) is 7.05 Å². The summed E-state index contributed by atoms with van der Waals surface area (Å²) in [5.74, 6) is -0.343. The first-order valence-corrected chi connectivity index (χ1v) is 9.24. The van der Waals surface area contributed by atoms with Crippen LogP contribution in [0.15, 0.2) is 29.9 Å². The van der Waals surface area contributed by atoms with E-state index in [0.29, 0.717) is 5.69 Å². The second-order valence-electron chi connectivity index (χ2n) is 6.57. The number of carbonyl (C=O) groups is 2. The van der Waals surface area contributed by atoms with Gasteiger partial charge in [-0.15, -0.1) is 11.3 Å². The van der Waals surface area contributed by atoms with Crippen LogP contribution in [0.3, 0.4) is 0 Å². The Kier molecular flexibility index (Phi) is 5.08. The van der Waals surface area contributed by atoms with Gasteiger partial charge in [0.15, 0.2) is 4.96 Å². The second-order valence-corrected chi connectivity index (χ2v) is 7.45. The molecule has 26 heavy (non-hydrogen) atoms. The van der Waals surface area contributed by atoms with Gasteiger partial charge in [-0.1, -0.05) is 17.7 Å². The minimum atomic E-state index is -0.207. The van der Waals surface area contributed by atoms with Crippen molar-refractivity contribution in [1.29, 1.82) is 0 Å². The summed E-state index contributed by atoms with van der Waals surface area (Å²) in [7, 11) is 1.63. The Morgan fingerprint density at radius 3 is 2.58 bits per heavy atom. The number of rotatable bonds is 5. The van der Waals surface area contributed by atoms with E-state index >= 15 is 0 Å². The molecule has 0 bridgehead atoms. The van der Waals surface area contributed by atoms with Gasteiger partial charge in [0.2, 0.25) is 11.8 Å². The van der Waals surface area contributed by atoms with Crippen LogP contribution in [-0.4, -0.2) is 39.7 Å². The Balaban J connectivity index is 1.60. The third-order valence-electron chi connectivity index (χ3n) is 4.22. The summed E-state index contributed by atoms with van der Waals surface area (Å²) in [6, 6.07) is 4.06. The van der Waals surface area contributed by atoms with Gasteiger partial charge in [0.1, 0.15) is 0 Å². The van der Waals surface area contributed by atoms with Gasteiger partial charge in [-0.3, -0.25) is 14.0 Å². The number of hydrogen-bond donors (Lipinski definition) is 1. The number of hydrogen-bond acceptors (Lipinski definition) is 4. The first-order chi connectivity index (χ1) is 12.3. The molecule has 1 N–H and O–H groups in total. The van der Waals surface area contributed by atoms with E-state index in [1.807, 2.05) is 55.1 Å². The Bertz CT molecular complexity index is 921. The molecule has 0 atom stereocenters. The lowest BCUT2D eigenvalue weighted by molar-refractivity contribution is -0.132. The number of imidazole rings is 1. The van der Waals surface area contributed by atoms with Crippen molar-refractivity contribution in [2.75, 3.05) is 18.9 Å². The molecule has 2 heterocycles. The number of aryl methyl sites for hydroxylation is 3. The van der Waals surface area contributed by atoms with Gasteiger partial charge in [0, 0.05) is 30.5 Å². The molecule has 7 heteroatoms. The summed E-state index contributed by atoms with van der Waals surface area (Å²) >= 11 is 1.52. The molecular weight excluding hydrogens is 348 g/mol. The topological polar surface area (TPSA) is 66.7 Å². The Labute approximate surface area is 156 Å². The molecule has 0 radical (unpaired) electrons. The number of likely N-dealkylation sites (N-methyl/N-ethyl adjacent to an activating group) is 1. The van der Waals surface area contributed by atoms with Crippen LogP contribution in [0.25, 0.3) is 4.96 Å². The average molecular weight is 370 g/mol. The largest absolute Gasteiger partial charge is 0.336 e. The number of aromatic nitrogens is 2. The molecule has 0 fully saturated rings. The highest BCUT2D eigenvalue weighted by Crippen LogP contribution is 2.21. The lowest BCUT2D eigenvalue weighted by Gasteiger charge is -2.18. The molecule has 2 aromatic heterocycles. The zero-order valence-corrected chi connectivity index (χ0v) is 16.2. The van der Waals surface area contributed by atoms with Crippen molar-refractivity contribution in [3.05, 3.63) is 52.3 Å². The summed E-state index contributed by atoms with van der Waals surface area (Å²) in [5.41, 5.74) is 4.71. The number of carbonyl (C=O) groups excluding carboxylic acids is 2. The fraction of sp³-hybridized carbons (Fsp3) is 0.316. The summed E-state index contributed by atoms with van der Waals surface area (Å²) in [4.78, 5) is 31.4. The van der Waals surface area contributed by atoms with Crippen LogP contribution >= 0.6 is 11.3 Å². The van der Waals surface area contributed by atoms with Crippen molar-refractivity contribution < 1.29 is 9.59 Å². The smallest absolute Gasteiger partial charge is 0.243 e. The molecule has 0 saturated carbocycles. The monoisotopic (exact) mass is 370 g/mol. The van der Waals surface area contributed by atoms with Crippen LogP contribution in [0.1, 0.15) is 22.4 Å². The molecular formula is C19H22N4O2S. The summed E-state index contributed by atoms with van der Waals surface area (Å²) in [6.45, 7) is 5.97. The quantitative estimate of drug-likeness (QED) is 0.751. The number of anilines is 1. The van der Waals surface area contributed by atoms with Crippen molar-refractivity contribution in [3.8, 4) is 0 Å². The first-order valence-electron chi connectivity index (χ1n) is 8.36. The maximum Gasteiger partial charge on any atom is 0.243 e. The number of benzene rings is 1. The van der Waals surface area contributed by atoms with Gasteiger partial charge >= 0.3 is 0 Å². The van der Waals surface area contributed by atoms with Crippen molar-refractivity contribution in [2.45, 2.75) is 27.2 Å². The van der Waals surface area contributed by atoms with Gasteiger partial charge in [-0.05, 0) is 31.9 Å². The Morgan fingerprint density at radius 2 is 1.92 bits per heavy atom. The number of amides is 2. The first kappa shape index (κ1) is 18.1. The fourth-order valence-corrected chi connectivity index (χ4v) is 3.73.